The second kappa shape index (κ2) is 5.81. The maximum Gasteiger partial charge on any atom is 0.265 e. The average molecular weight is 229 g/mol. The van der Waals surface area contributed by atoms with Crippen LogP contribution in [0.15, 0.2) is 0 Å². The molecule has 1 fully saturated rings. The molecule has 0 saturated carbocycles. The summed E-state index contributed by atoms with van der Waals surface area (Å²) in [7, 11) is 4.57. The monoisotopic (exact) mass is 229 g/mol. The number of nitrogens with one attached hydrogen (secondary N) is 1. The number of hydrogen-bond acceptors (Lipinski definition) is 4. The largest absolute Gasteiger partial charge is 0.335 e. The highest BCUT2D eigenvalue weighted by Crippen LogP contribution is 2.07. The molecule has 1 aliphatic rings. The van der Waals surface area contributed by atoms with Crippen molar-refractivity contribution in [3.05, 3.63) is 0 Å². The van der Waals surface area contributed by atoms with Crippen molar-refractivity contribution >= 4 is 11.8 Å². The first-order chi connectivity index (χ1) is 7.56. The predicted octanol–water partition coefficient (Wildman–Crippen LogP) is -0.783. The summed E-state index contributed by atoms with van der Waals surface area (Å²) < 4.78 is 0. The Morgan fingerprint density at radius 2 is 2.12 bits per heavy atom. The van der Waals surface area contributed by atoms with E-state index in [4.69, 9.17) is 4.84 Å². The molecule has 1 saturated heterocycles. The summed E-state index contributed by atoms with van der Waals surface area (Å²) in [6, 6.07) is -0.134. The lowest BCUT2D eigenvalue weighted by atomic mass is 10.2. The summed E-state index contributed by atoms with van der Waals surface area (Å²) in [5.41, 5.74) is 0. The molecular formula is C10H19N3O3. The number of nitrogens with zero attached hydrogens (tertiary/aromatic N) is 2. The highest BCUT2D eigenvalue weighted by molar-refractivity contribution is 5.87. The zero-order valence-electron chi connectivity index (χ0n) is 10.0. The van der Waals surface area contributed by atoms with Gasteiger partial charge in [-0.05, 0) is 19.4 Å². The lowest BCUT2D eigenvalue weighted by Gasteiger charge is -2.22. The number of likely N-dealkylation sites (N-methyl/N-ethyl adjacent to an activating group) is 2. The average Bonchev–Trinajstić information content (AvgIpc) is 2.79. The zero-order valence-corrected chi connectivity index (χ0v) is 10.0. The van der Waals surface area contributed by atoms with E-state index in [1.807, 2.05) is 0 Å². The van der Waals surface area contributed by atoms with Crippen LogP contribution in [0, 0.1) is 0 Å². The maximum atomic E-state index is 11.8. The van der Waals surface area contributed by atoms with Crippen LogP contribution in [0.2, 0.25) is 0 Å². The maximum absolute atomic E-state index is 11.8. The Morgan fingerprint density at radius 3 is 2.62 bits per heavy atom. The minimum Gasteiger partial charge on any atom is -0.335 e. The van der Waals surface area contributed by atoms with Gasteiger partial charge in [-0.3, -0.25) is 14.4 Å². The molecule has 0 aromatic carbocycles. The van der Waals surface area contributed by atoms with E-state index in [-0.39, 0.29) is 24.4 Å². The Bertz CT molecular complexity index is 264. The number of hydrogen-bond donors (Lipinski definition) is 1. The van der Waals surface area contributed by atoms with Crippen molar-refractivity contribution in [2.24, 2.45) is 0 Å². The molecule has 1 N–H and O–H groups in total. The Balaban J connectivity index is 2.41. The number of hydroxylamine groups is 2. The molecule has 0 aliphatic carbocycles. The van der Waals surface area contributed by atoms with Crippen molar-refractivity contribution < 1.29 is 14.4 Å². The molecule has 1 unspecified atom stereocenters. The number of carbonyl (C=O) groups excluding carboxylic acids is 2. The standard InChI is InChI=1S/C10H19N3O3/c1-12(7-9(14)13(2)16-3)10(15)8-5-4-6-11-8/h8,11H,4-7H2,1-3H3. The molecule has 16 heavy (non-hydrogen) atoms. The zero-order chi connectivity index (χ0) is 12.1. The van der Waals surface area contributed by atoms with Crippen LogP contribution < -0.4 is 5.32 Å². The highest BCUT2D eigenvalue weighted by Gasteiger charge is 2.26. The van der Waals surface area contributed by atoms with Gasteiger partial charge in [0.1, 0.15) is 6.54 Å². The molecule has 0 aromatic rings. The Morgan fingerprint density at radius 1 is 1.44 bits per heavy atom. The van der Waals surface area contributed by atoms with Crippen LogP contribution in [-0.4, -0.2) is 62.1 Å². The van der Waals surface area contributed by atoms with Crippen molar-refractivity contribution in [3.63, 3.8) is 0 Å². The van der Waals surface area contributed by atoms with E-state index in [0.717, 1.165) is 24.4 Å². The van der Waals surface area contributed by atoms with E-state index in [1.54, 1.807) is 7.05 Å². The molecule has 6 heteroatoms. The first kappa shape index (κ1) is 12.9. The molecule has 0 radical (unpaired) electrons. The lowest BCUT2D eigenvalue weighted by Crippen LogP contribution is -2.45. The van der Waals surface area contributed by atoms with Gasteiger partial charge in [-0.25, -0.2) is 5.06 Å². The normalized spacial score (nSPS) is 19.6. The van der Waals surface area contributed by atoms with Gasteiger partial charge in [0.05, 0.1) is 13.2 Å². The fourth-order valence-corrected chi connectivity index (χ4v) is 1.64. The van der Waals surface area contributed by atoms with Crippen LogP contribution in [0.4, 0.5) is 0 Å². The summed E-state index contributed by atoms with van der Waals surface area (Å²) in [5.74, 6) is -0.272. The third-order valence-corrected chi connectivity index (χ3v) is 2.73. The first-order valence-electron chi connectivity index (χ1n) is 5.35. The molecule has 1 rings (SSSR count). The topological polar surface area (TPSA) is 61.9 Å². The SMILES string of the molecule is CON(C)C(=O)CN(C)C(=O)C1CCCN1. The second-order valence-electron chi connectivity index (χ2n) is 3.92. The molecule has 1 aliphatic heterocycles. The Kier molecular flexibility index (Phi) is 4.70. The molecule has 1 atom stereocenters. The minimum atomic E-state index is -0.239. The van der Waals surface area contributed by atoms with Gasteiger partial charge in [0.15, 0.2) is 0 Å². The van der Waals surface area contributed by atoms with Crippen molar-refractivity contribution in [3.8, 4) is 0 Å². The van der Waals surface area contributed by atoms with E-state index in [0.29, 0.717) is 0 Å². The molecule has 0 bridgehead atoms. The lowest BCUT2D eigenvalue weighted by molar-refractivity contribution is -0.170. The fourth-order valence-electron chi connectivity index (χ4n) is 1.64. The first-order valence-corrected chi connectivity index (χ1v) is 5.35. The van der Waals surface area contributed by atoms with Gasteiger partial charge in [-0.15, -0.1) is 0 Å². The molecule has 1 heterocycles. The van der Waals surface area contributed by atoms with Gasteiger partial charge in [0.25, 0.3) is 5.91 Å². The van der Waals surface area contributed by atoms with Crippen LogP contribution in [0.5, 0.6) is 0 Å². The van der Waals surface area contributed by atoms with Gasteiger partial charge in [0, 0.05) is 14.1 Å². The Labute approximate surface area is 95.5 Å². The van der Waals surface area contributed by atoms with Crippen LogP contribution in [0.3, 0.4) is 0 Å². The van der Waals surface area contributed by atoms with Crippen LogP contribution >= 0.6 is 0 Å². The molecular weight excluding hydrogens is 210 g/mol. The fraction of sp³-hybridized carbons (Fsp3) is 0.800. The van der Waals surface area contributed by atoms with Gasteiger partial charge in [-0.1, -0.05) is 0 Å². The Hall–Kier alpha value is -1.14. The van der Waals surface area contributed by atoms with E-state index in [1.165, 1.54) is 19.1 Å². The number of rotatable bonds is 4. The van der Waals surface area contributed by atoms with Crippen LogP contribution in [0.1, 0.15) is 12.8 Å². The summed E-state index contributed by atoms with van der Waals surface area (Å²) in [6.07, 6.45) is 1.85. The third kappa shape index (κ3) is 3.18. The van der Waals surface area contributed by atoms with Gasteiger partial charge >= 0.3 is 0 Å². The molecule has 92 valence electrons. The molecule has 0 aromatic heterocycles. The molecule has 2 amide bonds. The summed E-state index contributed by atoms with van der Waals surface area (Å²) >= 11 is 0. The van der Waals surface area contributed by atoms with E-state index < -0.39 is 0 Å². The van der Waals surface area contributed by atoms with Crippen LogP contribution in [0.25, 0.3) is 0 Å². The molecule has 6 nitrogen and oxygen atoms in total. The van der Waals surface area contributed by atoms with Crippen molar-refractivity contribution in [1.82, 2.24) is 15.3 Å². The summed E-state index contributed by atoms with van der Waals surface area (Å²) in [4.78, 5) is 29.5. The van der Waals surface area contributed by atoms with E-state index >= 15 is 0 Å². The second-order valence-corrected chi connectivity index (χ2v) is 3.92. The van der Waals surface area contributed by atoms with Gasteiger partial charge < -0.3 is 10.2 Å². The summed E-state index contributed by atoms with van der Waals surface area (Å²) in [6.45, 7) is 0.914. The highest BCUT2D eigenvalue weighted by atomic mass is 16.7. The third-order valence-electron chi connectivity index (χ3n) is 2.73. The van der Waals surface area contributed by atoms with Crippen molar-refractivity contribution in [2.75, 3.05) is 34.3 Å². The van der Waals surface area contributed by atoms with E-state index in [9.17, 15) is 9.59 Å². The van der Waals surface area contributed by atoms with E-state index in [2.05, 4.69) is 5.32 Å². The van der Waals surface area contributed by atoms with Crippen molar-refractivity contribution in [1.29, 1.82) is 0 Å². The van der Waals surface area contributed by atoms with Gasteiger partial charge in [-0.2, -0.15) is 0 Å². The minimum absolute atomic E-state index is 0.0321. The van der Waals surface area contributed by atoms with Gasteiger partial charge in [0.2, 0.25) is 5.91 Å². The summed E-state index contributed by atoms with van der Waals surface area (Å²) in [5, 5.41) is 4.22. The predicted molar refractivity (Wildman–Crippen MR) is 58.4 cm³/mol. The molecule has 0 spiro atoms. The number of amides is 2. The number of carbonyl (C=O) groups is 2. The quantitative estimate of drug-likeness (QED) is 0.642. The van der Waals surface area contributed by atoms with Crippen LogP contribution in [-0.2, 0) is 14.4 Å². The smallest absolute Gasteiger partial charge is 0.265 e. The van der Waals surface area contributed by atoms with Crippen molar-refractivity contribution in [2.45, 2.75) is 18.9 Å².